The van der Waals surface area contributed by atoms with Gasteiger partial charge in [-0.2, -0.15) is 0 Å². The van der Waals surface area contributed by atoms with Crippen LogP contribution in [-0.2, 0) is 0 Å². The lowest BCUT2D eigenvalue weighted by molar-refractivity contribution is 0.935. The molecule has 2 aliphatic heterocycles. The van der Waals surface area contributed by atoms with Gasteiger partial charge in [-0.05, 0) is 26.2 Å². The van der Waals surface area contributed by atoms with Crippen LogP contribution in [0.15, 0.2) is 21.3 Å². The van der Waals surface area contributed by atoms with E-state index in [1.807, 2.05) is 0 Å². The highest BCUT2D eigenvalue weighted by molar-refractivity contribution is 14.2. The summed E-state index contributed by atoms with van der Waals surface area (Å²) in [6, 6.07) is 0.728. The summed E-state index contributed by atoms with van der Waals surface area (Å²) in [6.07, 6.45) is 4.68. The summed E-state index contributed by atoms with van der Waals surface area (Å²) in [6.45, 7) is 3.49. The van der Waals surface area contributed by atoms with Crippen LogP contribution in [0.1, 0.15) is 6.92 Å². The zero-order valence-electron chi connectivity index (χ0n) is 6.22. The van der Waals surface area contributed by atoms with E-state index in [9.17, 15) is 0 Å². The molecule has 2 unspecified atom stereocenters. The Kier molecular flexibility index (Phi) is 2.48. The van der Waals surface area contributed by atoms with Crippen LogP contribution >= 0.6 is 43.6 Å². The predicted molar refractivity (Wildman–Crippen MR) is 66.4 cm³/mol. The fraction of sp³-hybridized carbons (Fsp3) is 0.375. The Hall–Kier alpha value is 0.770. The van der Waals surface area contributed by atoms with E-state index < -0.39 is 0 Å². The van der Waals surface area contributed by atoms with E-state index in [4.69, 9.17) is 0 Å². The molecule has 2 heterocycles. The summed E-state index contributed by atoms with van der Waals surface area (Å²) in [5, 5.41) is 0. The third-order valence-corrected chi connectivity index (χ3v) is 4.87. The van der Waals surface area contributed by atoms with E-state index in [1.165, 1.54) is 12.1 Å². The molecule has 1 nitrogen and oxygen atoms in total. The third kappa shape index (κ3) is 1.92. The standard InChI is InChI=1S/C8H9I2N/c1-6-4-7(2-3-10-6)8-5-11(8)9/h2-4,8H,5H2,1H3. The van der Waals surface area contributed by atoms with Gasteiger partial charge in [0.25, 0.3) is 0 Å². The SMILES string of the molecule is CC1=CC(C2CN2I)=CC=I1. The van der Waals surface area contributed by atoms with Crippen molar-refractivity contribution in [2.45, 2.75) is 13.0 Å². The molecule has 3 heteroatoms. The Balaban J connectivity index is 2.17. The quantitative estimate of drug-likeness (QED) is 0.388. The van der Waals surface area contributed by atoms with Crippen molar-refractivity contribution >= 4 is 47.6 Å². The topological polar surface area (TPSA) is 3.01 Å². The van der Waals surface area contributed by atoms with Gasteiger partial charge in [0, 0.05) is 29.4 Å². The minimum atomic E-state index is 0.251. The van der Waals surface area contributed by atoms with Crippen molar-refractivity contribution in [2.75, 3.05) is 6.54 Å². The monoisotopic (exact) mass is 373 g/mol. The summed E-state index contributed by atoms with van der Waals surface area (Å²) in [7, 11) is 0. The van der Waals surface area contributed by atoms with Gasteiger partial charge in [0.15, 0.2) is 0 Å². The van der Waals surface area contributed by atoms with E-state index in [0.717, 1.165) is 6.04 Å². The lowest BCUT2D eigenvalue weighted by Gasteiger charge is -2.02. The maximum Gasteiger partial charge on any atom is 0.0580 e. The third-order valence-electron chi connectivity index (χ3n) is 1.79. The first kappa shape index (κ1) is 8.37. The zero-order chi connectivity index (χ0) is 7.84. The summed E-state index contributed by atoms with van der Waals surface area (Å²) in [4.78, 5) is 0. The van der Waals surface area contributed by atoms with Crippen LogP contribution in [0.25, 0.3) is 0 Å². The minimum Gasteiger partial charge on any atom is -0.237 e. The summed E-state index contributed by atoms with van der Waals surface area (Å²) < 4.78 is 6.30. The van der Waals surface area contributed by atoms with Crippen LogP contribution < -0.4 is 0 Å². The molecule has 0 aromatic rings. The Morgan fingerprint density at radius 1 is 1.73 bits per heavy atom. The molecule has 0 radical (unpaired) electrons. The van der Waals surface area contributed by atoms with Crippen LogP contribution in [0.5, 0.6) is 0 Å². The van der Waals surface area contributed by atoms with Crippen LogP contribution in [-0.4, -0.2) is 19.7 Å². The highest BCUT2D eigenvalue weighted by Gasteiger charge is 2.34. The normalized spacial score (nSPS) is 35.5. The summed E-state index contributed by atoms with van der Waals surface area (Å²) >= 11 is 2.64. The Morgan fingerprint density at radius 2 is 2.45 bits per heavy atom. The van der Waals surface area contributed by atoms with Crippen molar-refractivity contribution in [3.8, 4) is 0 Å². The molecule has 2 atom stereocenters. The van der Waals surface area contributed by atoms with E-state index >= 15 is 0 Å². The first-order chi connectivity index (χ1) is 5.27. The molecule has 0 spiro atoms. The Bertz CT molecular complexity index is 265. The second-order valence-corrected chi connectivity index (χ2v) is 7.01. The van der Waals surface area contributed by atoms with E-state index in [1.54, 1.807) is 3.58 Å². The van der Waals surface area contributed by atoms with Gasteiger partial charge in [0.1, 0.15) is 0 Å². The fourth-order valence-corrected chi connectivity index (χ4v) is 3.50. The number of hydrogen-bond acceptors (Lipinski definition) is 1. The van der Waals surface area contributed by atoms with Crippen molar-refractivity contribution in [1.82, 2.24) is 3.11 Å². The van der Waals surface area contributed by atoms with Gasteiger partial charge in [0.05, 0.1) is 6.04 Å². The summed E-state index contributed by atoms with van der Waals surface area (Å²) in [5.41, 5.74) is 1.52. The predicted octanol–water partition coefficient (Wildman–Crippen LogP) is 2.64. The van der Waals surface area contributed by atoms with E-state index in [2.05, 4.69) is 49.1 Å². The number of halogens is 2. The van der Waals surface area contributed by atoms with E-state index in [-0.39, 0.29) is 20.7 Å². The molecule has 0 saturated carbocycles. The first-order valence-electron chi connectivity index (χ1n) is 3.55. The summed E-state index contributed by atoms with van der Waals surface area (Å²) in [5.74, 6) is 0. The van der Waals surface area contributed by atoms with Gasteiger partial charge < -0.3 is 0 Å². The van der Waals surface area contributed by atoms with Crippen molar-refractivity contribution in [3.05, 3.63) is 21.3 Å². The molecule has 2 rings (SSSR count). The average molecular weight is 373 g/mol. The van der Waals surface area contributed by atoms with Crippen molar-refractivity contribution < 1.29 is 0 Å². The van der Waals surface area contributed by atoms with Gasteiger partial charge >= 0.3 is 0 Å². The molecule has 0 aromatic carbocycles. The maximum atomic E-state index is 2.38. The van der Waals surface area contributed by atoms with Crippen LogP contribution in [0.2, 0.25) is 0 Å². The van der Waals surface area contributed by atoms with Gasteiger partial charge in [-0.15, -0.1) is 0 Å². The molecule has 0 aromatic heterocycles. The van der Waals surface area contributed by atoms with E-state index in [0.29, 0.717) is 0 Å². The molecule has 0 aliphatic carbocycles. The molecule has 1 fully saturated rings. The largest absolute Gasteiger partial charge is 0.237 e. The van der Waals surface area contributed by atoms with Crippen LogP contribution in [0.4, 0.5) is 0 Å². The smallest absolute Gasteiger partial charge is 0.0580 e. The highest BCUT2D eigenvalue weighted by Crippen LogP contribution is 2.33. The highest BCUT2D eigenvalue weighted by atomic mass is 127. The number of rotatable bonds is 1. The molecule has 1 saturated heterocycles. The molecule has 60 valence electrons. The molecular weight excluding hydrogens is 364 g/mol. The molecular formula is C8H9I2N. The minimum absolute atomic E-state index is 0.251. The fourth-order valence-electron chi connectivity index (χ4n) is 1.11. The van der Waals surface area contributed by atoms with Crippen molar-refractivity contribution in [1.29, 1.82) is 0 Å². The second kappa shape index (κ2) is 3.26. The van der Waals surface area contributed by atoms with Crippen LogP contribution in [0.3, 0.4) is 0 Å². The van der Waals surface area contributed by atoms with Crippen molar-refractivity contribution in [3.63, 3.8) is 0 Å². The Morgan fingerprint density at radius 3 is 3.00 bits per heavy atom. The zero-order valence-corrected chi connectivity index (χ0v) is 10.5. The molecule has 0 N–H and O–H groups in total. The van der Waals surface area contributed by atoms with Crippen LogP contribution in [0, 0.1) is 0 Å². The molecule has 0 amide bonds. The molecule has 2 aliphatic rings. The number of allylic oxidation sites excluding steroid dienone is 2. The van der Waals surface area contributed by atoms with Gasteiger partial charge in [-0.1, -0.05) is 26.8 Å². The van der Waals surface area contributed by atoms with Gasteiger partial charge in [-0.3, -0.25) is 0 Å². The number of hydrogen-bond donors (Lipinski definition) is 0. The van der Waals surface area contributed by atoms with Gasteiger partial charge in [0.2, 0.25) is 0 Å². The molecule has 11 heavy (non-hydrogen) atoms. The lowest BCUT2D eigenvalue weighted by atomic mass is 10.2. The first-order valence-corrected chi connectivity index (χ1v) is 6.84. The Labute approximate surface area is 90.8 Å². The number of nitrogens with zero attached hydrogens (tertiary/aromatic N) is 1. The molecule has 0 bridgehead atoms. The second-order valence-electron chi connectivity index (χ2n) is 2.73. The van der Waals surface area contributed by atoms with Gasteiger partial charge in [-0.25, -0.2) is 3.11 Å². The lowest BCUT2D eigenvalue weighted by Crippen LogP contribution is -1.95. The average Bonchev–Trinajstić information content (AvgIpc) is 2.67. The van der Waals surface area contributed by atoms with Crippen molar-refractivity contribution in [2.24, 2.45) is 0 Å². The maximum absolute atomic E-state index is 2.38.